The van der Waals surface area contributed by atoms with Crippen molar-refractivity contribution in [1.29, 1.82) is 0 Å². The van der Waals surface area contributed by atoms with E-state index in [1.165, 1.54) is 19.3 Å². The number of nitrogens with one attached hydrogen (secondary N) is 1. The van der Waals surface area contributed by atoms with Crippen LogP contribution in [0.15, 0.2) is 12.4 Å². The van der Waals surface area contributed by atoms with Crippen molar-refractivity contribution < 1.29 is 0 Å². The van der Waals surface area contributed by atoms with Gasteiger partial charge in [0.1, 0.15) is 11.6 Å². The molecule has 1 rings (SSSR count). The van der Waals surface area contributed by atoms with Gasteiger partial charge in [0, 0.05) is 19.6 Å². The highest BCUT2D eigenvalue weighted by atomic mass is 15.2. The van der Waals surface area contributed by atoms with E-state index < -0.39 is 0 Å². The van der Waals surface area contributed by atoms with Gasteiger partial charge in [-0.05, 0) is 20.3 Å². The molecule has 0 saturated heterocycles. The van der Waals surface area contributed by atoms with E-state index in [2.05, 4.69) is 41.0 Å². The normalized spacial score (nSPS) is 10.6. The molecule has 4 heteroatoms. The third kappa shape index (κ3) is 4.21. The molecular weight excluding hydrogens is 212 g/mol. The van der Waals surface area contributed by atoms with Crippen LogP contribution < -0.4 is 10.2 Å². The monoisotopic (exact) mass is 236 g/mol. The summed E-state index contributed by atoms with van der Waals surface area (Å²) in [6.07, 6.45) is 7.30. The molecule has 0 aliphatic carbocycles. The van der Waals surface area contributed by atoms with Crippen LogP contribution in [0.2, 0.25) is 0 Å². The van der Waals surface area contributed by atoms with E-state index >= 15 is 0 Å². The fraction of sp³-hybridized carbons (Fsp3) is 0.692. The largest absolute Gasteiger partial charge is 0.372 e. The van der Waals surface area contributed by atoms with Crippen LogP contribution in [0.25, 0.3) is 0 Å². The second kappa shape index (κ2) is 7.09. The van der Waals surface area contributed by atoms with Gasteiger partial charge in [-0.3, -0.25) is 4.98 Å². The molecule has 0 aromatic carbocycles. The Balaban J connectivity index is 2.74. The molecule has 0 unspecified atom stereocenters. The van der Waals surface area contributed by atoms with Crippen LogP contribution in [0.3, 0.4) is 0 Å². The van der Waals surface area contributed by atoms with Crippen molar-refractivity contribution in [3.8, 4) is 0 Å². The maximum absolute atomic E-state index is 4.54. The van der Waals surface area contributed by atoms with Crippen LogP contribution in [0.5, 0.6) is 0 Å². The van der Waals surface area contributed by atoms with E-state index in [0.29, 0.717) is 6.04 Å². The van der Waals surface area contributed by atoms with E-state index in [-0.39, 0.29) is 0 Å². The lowest BCUT2D eigenvalue weighted by molar-refractivity contribution is 0.619. The van der Waals surface area contributed by atoms with Gasteiger partial charge < -0.3 is 10.2 Å². The number of anilines is 2. The molecule has 0 aliphatic heterocycles. The van der Waals surface area contributed by atoms with Crippen LogP contribution in [0.1, 0.15) is 40.0 Å². The summed E-state index contributed by atoms with van der Waals surface area (Å²) < 4.78 is 0. The first kappa shape index (κ1) is 13.7. The summed E-state index contributed by atoms with van der Waals surface area (Å²) in [5, 5.41) is 3.03. The van der Waals surface area contributed by atoms with Gasteiger partial charge >= 0.3 is 0 Å². The molecule has 0 radical (unpaired) electrons. The van der Waals surface area contributed by atoms with Gasteiger partial charge in [-0.1, -0.05) is 19.8 Å². The molecule has 0 atom stereocenters. The van der Waals surface area contributed by atoms with Gasteiger partial charge in [-0.2, -0.15) is 0 Å². The molecule has 0 aliphatic rings. The highest BCUT2D eigenvalue weighted by Crippen LogP contribution is 2.16. The molecular formula is C13H24N4. The number of hydrogen-bond donors (Lipinski definition) is 1. The Morgan fingerprint density at radius 2 is 2.06 bits per heavy atom. The van der Waals surface area contributed by atoms with Gasteiger partial charge in [0.05, 0.1) is 12.4 Å². The standard InChI is InChI=1S/C13H24N4/c1-5-6-7-8-17(11(2)3)13-10-15-9-12(14-4)16-13/h9-11H,5-8H2,1-4H3,(H,14,16). The first-order valence-corrected chi connectivity index (χ1v) is 6.45. The number of aromatic nitrogens is 2. The minimum absolute atomic E-state index is 0.452. The van der Waals surface area contributed by atoms with Crippen molar-refractivity contribution in [1.82, 2.24) is 9.97 Å². The lowest BCUT2D eigenvalue weighted by Crippen LogP contribution is -2.32. The van der Waals surface area contributed by atoms with E-state index in [4.69, 9.17) is 0 Å². The third-order valence-electron chi connectivity index (χ3n) is 2.80. The summed E-state index contributed by atoms with van der Waals surface area (Å²) in [4.78, 5) is 11.1. The van der Waals surface area contributed by atoms with Gasteiger partial charge in [0.25, 0.3) is 0 Å². The number of hydrogen-bond acceptors (Lipinski definition) is 4. The molecule has 0 bridgehead atoms. The van der Waals surface area contributed by atoms with Crippen LogP contribution in [-0.2, 0) is 0 Å². The highest BCUT2D eigenvalue weighted by Gasteiger charge is 2.12. The molecule has 1 heterocycles. The molecule has 4 nitrogen and oxygen atoms in total. The summed E-state index contributed by atoms with van der Waals surface area (Å²) in [5.41, 5.74) is 0. The smallest absolute Gasteiger partial charge is 0.149 e. The van der Waals surface area contributed by atoms with Crippen LogP contribution in [-0.4, -0.2) is 29.6 Å². The predicted octanol–water partition coefficient (Wildman–Crippen LogP) is 2.92. The van der Waals surface area contributed by atoms with Crippen molar-refractivity contribution in [3.63, 3.8) is 0 Å². The lowest BCUT2D eigenvalue weighted by atomic mass is 10.2. The molecule has 96 valence electrons. The van der Waals surface area contributed by atoms with E-state index in [1.54, 1.807) is 6.20 Å². The van der Waals surface area contributed by atoms with Crippen molar-refractivity contribution in [2.24, 2.45) is 0 Å². The van der Waals surface area contributed by atoms with Crippen LogP contribution in [0.4, 0.5) is 11.6 Å². The van der Waals surface area contributed by atoms with Crippen molar-refractivity contribution in [2.75, 3.05) is 23.8 Å². The lowest BCUT2D eigenvalue weighted by Gasteiger charge is -2.27. The Hall–Kier alpha value is -1.32. The van der Waals surface area contributed by atoms with Gasteiger partial charge in [0.15, 0.2) is 0 Å². The van der Waals surface area contributed by atoms with Gasteiger partial charge in [0.2, 0.25) is 0 Å². The summed E-state index contributed by atoms with van der Waals surface area (Å²) >= 11 is 0. The molecule has 17 heavy (non-hydrogen) atoms. The fourth-order valence-corrected chi connectivity index (χ4v) is 1.78. The summed E-state index contributed by atoms with van der Waals surface area (Å²) in [5.74, 6) is 1.78. The molecule has 0 fully saturated rings. The SMILES string of the molecule is CCCCCN(c1cncc(NC)n1)C(C)C. The average molecular weight is 236 g/mol. The second-order valence-electron chi connectivity index (χ2n) is 4.51. The molecule has 1 aromatic heterocycles. The van der Waals surface area contributed by atoms with Gasteiger partial charge in [-0.15, -0.1) is 0 Å². The Labute approximate surface area is 104 Å². The Kier molecular flexibility index (Phi) is 5.73. The second-order valence-corrected chi connectivity index (χ2v) is 4.51. The number of rotatable bonds is 7. The van der Waals surface area contributed by atoms with Crippen molar-refractivity contribution >= 4 is 11.6 Å². The topological polar surface area (TPSA) is 41.1 Å². The summed E-state index contributed by atoms with van der Waals surface area (Å²) in [6.45, 7) is 7.66. The zero-order chi connectivity index (χ0) is 12.7. The maximum atomic E-state index is 4.54. The van der Waals surface area contributed by atoms with Crippen LogP contribution >= 0.6 is 0 Å². The fourth-order valence-electron chi connectivity index (χ4n) is 1.78. The first-order valence-electron chi connectivity index (χ1n) is 6.45. The minimum Gasteiger partial charge on any atom is -0.372 e. The number of unbranched alkanes of at least 4 members (excludes halogenated alkanes) is 2. The van der Waals surface area contributed by atoms with Crippen LogP contribution in [0, 0.1) is 0 Å². The van der Waals surface area contributed by atoms with Crippen molar-refractivity contribution in [3.05, 3.63) is 12.4 Å². The zero-order valence-corrected chi connectivity index (χ0v) is 11.4. The Bertz CT molecular complexity index is 325. The number of nitrogens with zero attached hydrogens (tertiary/aromatic N) is 3. The third-order valence-corrected chi connectivity index (χ3v) is 2.80. The molecule has 1 aromatic rings. The summed E-state index contributed by atoms with van der Waals surface area (Å²) in [6, 6.07) is 0.452. The molecule has 0 spiro atoms. The Morgan fingerprint density at radius 3 is 2.65 bits per heavy atom. The van der Waals surface area contributed by atoms with Gasteiger partial charge in [-0.25, -0.2) is 4.98 Å². The molecule has 0 amide bonds. The highest BCUT2D eigenvalue weighted by molar-refractivity contribution is 5.44. The quantitative estimate of drug-likeness (QED) is 0.739. The molecule has 1 N–H and O–H groups in total. The Morgan fingerprint density at radius 1 is 1.29 bits per heavy atom. The van der Waals surface area contributed by atoms with E-state index in [0.717, 1.165) is 18.2 Å². The van der Waals surface area contributed by atoms with E-state index in [1.807, 2.05) is 13.2 Å². The first-order chi connectivity index (χ1) is 8.19. The maximum Gasteiger partial charge on any atom is 0.149 e. The summed E-state index contributed by atoms with van der Waals surface area (Å²) in [7, 11) is 1.87. The van der Waals surface area contributed by atoms with E-state index in [9.17, 15) is 0 Å². The average Bonchev–Trinajstić information content (AvgIpc) is 2.34. The zero-order valence-electron chi connectivity index (χ0n) is 11.4. The predicted molar refractivity (Wildman–Crippen MR) is 73.6 cm³/mol. The van der Waals surface area contributed by atoms with Crippen molar-refractivity contribution in [2.45, 2.75) is 46.1 Å². The minimum atomic E-state index is 0.452. The molecule has 0 saturated carbocycles.